The lowest BCUT2D eigenvalue weighted by Gasteiger charge is -2.19. The quantitative estimate of drug-likeness (QED) is 0.696. The molecule has 1 amide bonds. The second-order valence-corrected chi connectivity index (χ2v) is 7.07. The number of carbonyl (C=O) groups excluding carboxylic acids is 1. The van der Waals surface area contributed by atoms with E-state index in [0.717, 1.165) is 12.8 Å². The van der Waals surface area contributed by atoms with E-state index in [9.17, 15) is 14.0 Å². The van der Waals surface area contributed by atoms with E-state index in [4.69, 9.17) is 4.74 Å². The first-order valence-electron chi connectivity index (χ1n) is 9.14. The molecule has 146 valence electrons. The van der Waals surface area contributed by atoms with Crippen molar-refractivity contribution in [2.45, 2.75) is 25.8 Å². The summed E-state index contributed by atoms with van der Waals surface area (Å²) in [6, 6.07) is 4.61. The van der Waals surface area contributed by atoms with Crippen LogP contribution in [0, 0.1) is 5.82 Å². The van der Waals surface area contributed by atoms with Crippen LogP contribution >= 0.6 is 0 Å². The summed E-state index contributed by atoms with van der Waals surface area (Å²) >= 11 is 0. The Labute approximate surface area is 161 Å². The standard InChI is InChI=1S/C20H21FN4O3/c1-12-5-4-8-25(12)19(26)16-10-24-11-17(23(2)20(27)18(24)22-16)14-7-6-13(28-3)9-15(14)21/h6-7,9-12H,4-5,8H2,1-3H3/t12-/m0/s1. The molecule has 0 unspecified atom stereocenters. The number of likely N-dealkylation sites (tertiary alicyclic amines) is 1. The zero-order valence-corrected chi connectivity index (χ0v) is 16.0. The molecule has 2 aromatic heterocycles. The van der Waals surface area contributed by atoms with Gasteiger partial charge in [-0.3, -0.25) is 14.0 Å². The maximum Gasteiger partial charge on any atom is 0.294 e. The van der Waals surface area contributed by atoms with Crippen molar-refractivity contribution in [1.82, 2.24) is 18.9 Å². The number of rotatable bonds is 3. The molecule has 1 aromatic carbocycles. The first-order valence-corrected chi connectivity index (χ1v) is 9.14. The van der Waals surface area contributed by atoms with Crippen molar-refractivity contribution in [1.29, 1.82) is 0 Å². The largest absolute Gasteiger partial charge is 0.497 e. The second-order valence-electron chi connectivity index (χ2n) is 7.07. The maximum atomic E-state index is 14.5. The summed E-state index contributed by atoms with van der Waals surface area (Å²) in [5.41, 5.74) is 0.593. The van der Waals surface area contributed by atoms with Crippen LogP contribution in [0.5, 0.6) is 5.75 Å². The van der Waals surface area contributed by atoms with Gasteiger partial charge in [-0.15, -0.1) is 0 Å². The molecule has 3 aromatic rings. The summed E-state index contributed by atoms with van der Waals surface area (Å²) in [5, 5.41) is 0. The molecule has 0 aliphatic carbocycles. The van der Waals surface area contributed by atoms with Crippen LogP contribution in [0.25, 0.3) is 16.9 Å². The van der Waals surface area contributed by atoms with Gasteiger partial charge in [0.15, 0.2) is 0 Å². The van der Waals surface area contributed by atoms with E-state index in [-0.39, 0.29) is 28.9 Å². The summed E-state index contributed by atoms with van der Waals surface area (Å²) in [7, 11) is 3.02. The summed E-state index contributed by atoms with van der Waals surface area (Å²) < 4.78 is 22.4. The third kappa shape index (κ3) is 2.85. The normalized spacial score (nSPS) is 16.7. The van der Waals surface area contributed by atoms with Gasteiger partial charge in [0.1, 0.15) is 17.3 Å². The van der Waals surface area contributed by atoms with Crippen molar-refractivity contribution in [3.05, 3.63) is 52.5 Å². The number of ether oxygens (including phenoxy) is 1. The molecule has 3 heterocycles. The van der Waals surface area contributed by atoms with Crippen molar-refractivity contribution >= 4 is 11.6 Å². The van der Waals surface area contributed by atoms with Gasteiger partial charge in [0.2, 0.25) is 5.65 Å². The second kappa shape index (κ2) is 6.78. The molecule has 1 saturated heterocycles. The van der Waals surface area contributed by atoms with Gasteiger partial charge >= 0.3 is 0 Å². The molecule has 8 heteroatoms. The van der Waals surface area contributed by atoms with Crippen LogP contribution in [-0.4, -0.2) is 44.5 Å². The van der Waals surface area contributed by atoms with Crippen LogP contribution in [0.4, 0.5) is 4.39 Å². The number of benzene rings is 1. The number of imidazole rings is 1. The Morgan fingerprint density at radius 2 is 2.11 bits per heavy atom. The third-order valence-corrected chi connectivity index (χ3v) is 5.34. The fourth-order valence-electron chi connectivity index (χ4n) is 3.69. The van der Waals surface area contributed by atoms with Crippen LogP contribution in [0.15, 0.2) is 35.4 Å². The number of methoxy groups -OCH3 is 1. The zero-order valence-electron chi connectivity index (χ0n) is 16.0. The van der Waals surface area contributed by atoms with Crippen LogP contribution in [0.2, 0.25) is 0 Å². The van der Waals surface area contributed by atoms with Gasteiger partial charge < -0.3 is 14.2 Å². The average molecular weight is 384 g/mol. The topological polar surface area (TPSA) is 68.8 Å². The number of fused-ring (bicyclic) bond motifs is 1. The van der Waals surface area contributed by atoms with E-state index in [1.165, 1.54) is 28.3 Å². The third-order valence-electron chi connectivity index (χ3n) is 5.34. The SMILES string of the molecule is COc1ccc(-c2cn3cc(C(=O)N4CCC[C@@H]4C)nc3c(=O)n2C)c(F)c1. The molecule has 1 atom stereocenters. The van der Waals surface area contributed by atoms with Gasteiger partial charge in [-0.1, -0.05) is 0 Å². The van der Waals surface area contributed by atoms with Crippen LogP contribution in [0.3, 0.4) is 0 Å². The van der Waals surface area contributed by atoms with E-state index in [2.05, 4.69) is 4.98 Å². The van der Waals surface area contributed by atoms with Gasteiger partial charge in [0.05, 0.1) is 12.8 Å². The first-order chi connectivity index (χ1) is 13.4. The van der Waals surface area contributed by atoms with E-state index in [1.54, 1.807) is 30.3 Å². The fraction of sp³-hybridized carbons (Fsp3) is 0.350. The highest BCUT2D eigenvalue weighted by atomic mass is 19.1. The summed E-state index contributed by atoms with van der Waals surface area (Å²) in [4.78, 5) is 31.6. The molecule has 28 heavy (non-hydrogen) atoms. The maximum absolute atomic E-state index is 14.5. The van der Waals surface area contributed by atoms with Crippen LogP contribution in [0.1, 0.15) is 30.3 Å². The van der Waals surface area contributed by atoms with E-state index < -0.39 is 11.4 Å². The average Bonchev–Trinajstić information content (AvgIpc) is 3.30. The van der Waals surface area contributed by atoms with E-state index in [1.807, 2.05) is 6.92 Å². The monoisotopic (exact) mass is 384 g/mol. The highest BCUT2D eigenvalue weighted by Crippen LogP contribution is 2.26. The summed E-state index contributed by atoms with van der Waals surface area (Å²) in [5.74, 6) is -0.300. The molecular formula is C20H21FN4O3. The highest BCUT2D eigenvalue weighted by Gasteiger charge is 2.28. The molecule has 0 saturated carbocycles. The van der Waals surface area contributed by atoms with Crippen molar-refractivity contribution in [3.63, 3.8) is 0 Å². The Kier molecular flexibility index (Phi) is 4.41. The Morgan fingerprint density at radius 1 is 1.32 bits per heavy atom. The lowest BCUT2D eigenvalue weighted by Crippen LogP contribution is -2.33. The van der Waals surface area contributed by atoms with Crippen molar-refractivity contribution in [3.8, 4) is 17.0 Å². The Morgan fingerprint density at radius 3 is 2.75 bits per heavy atom. The van der Waals surface area contributed by atoms with Crippen LogP contribution < -0.4 is 10.3 Å². The number of hydrogen-bond acceptors (Lipinski definition) is 4. The molecule has 7 nitrogen and oxygen atoms in total. The predicted octanol–water partition coefficient (Wildman–Crippen LogP) is 2.47. The zero-order chi connectivity index (χ0) is 20.0. The van der Waals surface area contributed by atoms with E-state index >= 15 is 0 Å². The molecule has 0 radical (unpaired) electrons. The Balaban J connectivity index is 1.82. The molecular weight excluding hydrogens is 363 g/mol. The molecule has 1 aliphatic heterocycles. The molecule has 0 N–H and O–H groups in total. The van der Waals surface area contributed by atoms with Crippen molar-refractivity contribution in [2.75, 3.05) is 13.7 Å². The van der Waals surface area contributed by atoms with E-state index in [0.29, 0.717) is 18.0 Å². The minimum atomic E-state index is -0.504. The number of aromatic nitrogens is 3. The fourth-order valence-corrected chi connectivity index (χ4v) is 3.69. The number of amides is 1. The minimum Gasteiger partial charge on any atom is -0.497 e. The number of hydrogen-bond donors (Lipinski definition) is 0. The van der Waals surface area contributed by atoms with Gasteiger partial charge in [0.25, 0.3) is 11.5 Å². The Bertz CT molecular complexity index is 1130. The molecule has 0 spiro atoms. The van der Waals surface area contributed by atoms with Crippen molar-refractivity contribution < 1.29 is 13.9 Å². The lowest BCUT2D eigenvalue weighted by atomic mass is 10.1. The molecule has 0 bridgehead atoms. The smallest absolute Gasteiger partial charge is 0.294 e. The minimum absolute atomic E-state index is 0.135. The van der Waals surface area contributed by atoms with Crippen LogP contribution in [-0.2, 0) is 7.05 Å². The summed E-state index contributed by atoms with van der Waals surface area (Å²) in [6.07, 6.45) is 5.07. The molecule has 1 fully saturated rings. The Hall–Kier alpha value is -3.16. The molecule has 1 aliphatic rings. The van der Waals surface area contributed by atoms with Gasteiger partial charge in [-0.25, -0.2) is 9.37 Å². The van der Waals surface area contributed by atoms with Gasteiger partial charge in [-0.05, 0) is 31.9 Å². The van der Waals surface area contributed by atoms with Gasteiger partial charge in [0, 0.05) is 43.7 Å². The van der Waals surface area contributed by atoms with Gasteiger partial charge in [-0.2, -0.15) is 0 Å². The number of halogens is 1. The number of carbonyl (C=O) groups is 1. The summed E-state index contributed by atoms with van der Waals surface area (Å²) in [6.45, 7) is 2.69. The highest BCUT2D eigenvalue weighted by molar-refractivity contribution is 5.93. The van der Waals surface area contributed by atoms with Crippen molar-refractivity contribution in [2.24, 2.45) is 7.05 Å². The number of nitrogens with zero attached hydrogens (tertiary/aromatic N) is 4. The predicted molar refractivity (Wildman–Crippen MR) is 102 cm³/mol. The first kappa shape index (κ1) is 18.2. The molecule has 4 rings (SSSR count). The lowest BCUT2D eigenvalue weighted by molar-refractivity contribution is 0.0742.